The van der Waals surface area contributed by atoms with Crippen LogP contribution < -0.4 is 20.1 Å². The van der Waals surface area contributed by atoms with Gasteiger partial charge in [0.25, 0.3) is 5.91 Å². The number of anilines is 1. The van der Waals surface area contributed by atoms with Gasteiger partial charge in [-0.05, 0) is 31.2 Å². The van der Waals surface area contributed by atoms with Gasteiger partial charge in [-0.15, -0.1) is 0 Å². The Hall–Kier alpha value is -3.38. The molecule has 1 aromatic heterocycles. The van der Waals surface area contributed by atoms with E-state index in [0.717, 1.165) is 16.8 Å². The number of pyridine rings is 1. The number of hydrogen-bond donors (Lipinski definition) is 2. The number of aryl methyl sites for hydroxylation is 1. The number of hydrogen-bond acceptors (Lipinski definition) is 5. The summed E-state index contributed by atoms with van der Waals surface area (Å²) in [6.07, 6.45) is 1.70. The minimum absolute atomic E-state index is 0.0479. The molecule has 3 aromatic rings. The minimum atomic E-state index is -0.194. The first kappa shape index (κ1) is 20.4. The van der Waals surface area contributed by atoms with Gasteiger partial charge in [0.2, 0.25) is 5.88 Å². The van der Waals surface area contributed by atoms with Gasteiger partial charge in [0.1, 0.15) is 12.4 Å². The van der Waals surface area contributed by atoms with Crippen molar-refractivity contribution in [1.82, 2.24) is 10.3 Å². The Morgan fingerprint density at radius 1 is 0.966 bits per heavy atom. The summed E-state index contributed by atoms with van der Waals surface area (Å²) in [5, 5.41) is 6.14. The van der Waals surface area contributed by atoms with Gasteiger partial charge >= 0.3 is 0 Å². The third-order valence-electron chi connectivity index (χ3n) is 4.15. The fraction of sp³-hybridized carbons (Fsp3) is 0.217. The van der Waals surface area contributed by atoms with Crippen LogP contribution in [0.5, 0.6) is 11.6 Å². The van der Waals surface area contributed by atoms with E-state index in [1.165, 1.54) is 0 Å². The number of nitrogens with one attached hydrogen (secondary N) is 2. The fourth-order valence-electron chi connectivity index (χ4n) is 2.65. The maximum Gasteiger partial charge on any atom is 0.262 e. The van der Waals surface area contributed by atoms with Crippen molar-refractivity contribution in [2.75, 3.05) is 25.1 Å². The molecule has 0 aliphatic rings. The molecule has 29 heavy (non-hydrogen) atoms. The topological polar surface area (TPSA) is 72.5 Å². The van der Waals surface area contributed by atoms with Crippen molar-refractivity contribution < 1.29 is 14.3 Å². The molecule has 3 rings (SSSR count). The summed E-state index contributed by atoms with van der Waals surface area (Å²) >= 11 is 0. The zero-order valence-electron chi connectivity index (χ0n) is 16.4. The van der Waals surface area contributed by atoms with Crippen LogP contribution in [0.15, 0.2) is 72.9 Å². The standard InChI is InChI=1S/C23H25N3O3/c1-18-9-11-20(12-10-18)26-22(27)17-29-21-7-3-2-6-19(21)16-24-14-15-28-23-8-4-5-13-25-23/h2-13,24H,14-17H2,1H3,(H,26,27). The maximum absolute atomic E-state index is 12.1. The molecule has 0 unspecified atom stereocenters. The minimum Gasteiger partial charge on any atom is -0.483 e. The zero-order valence-corrected chi connectivity index (χ0v) is 16.4. The molecular formula is C23H25N3O3. The Balaban J connectivity index is 1.42. The van der Waals surface area contributed by atoms with E-state index in [-0.39, 0.29) is 12.5 Å². The predicted molar refractivity (Wildman–Crippen MR) is 113 cm³/mol. The summed E-state index contributed by atoms with van der Waals surface area (Å²) < 4.78 is 11.3. The number of benzene rings is 2. The molecule has 6 nitrogen and oxygen atoms in total. The van der Waals surface area contributed by atoms with Crippen molar-refractivity contribution in [2.24, 2.45) is 0 Å². The molecule has 0 radical (unpaired) electrons. The monoisotopic (exact) mass is 391 g/mol. The maximum atomic E-state index is 12.1. The molecule has 1 amide bonds. The molecule has 6 heteroatoms. The summed E-state index contributed by atoms with van der Waals surface area (Å²) in [5.41, 5.74) is 2.88. The van der Waals surface area contributed by atoms with E-state index in [1.54, 1.807) is 6.20 Å². The van der Waals surface area contributed by atoms with E-state index in [1.807, 2.05) is 73.7 Å². The number of nitrogens with zero attached hydrogens (tertiary/aromatic N) is 1. The van der Waals surface area contributed by atoms with Gasteiger partial charge in [0.15, 0.2) is 6.61 Å². The fourth-order valence-corrected chi connectivity index (χ4v) is 2.65. The van der Waals surface area contributed by atoms with Crippen molar-refractivity contribution in [3.8, 4) is 11.6 Å². The first-order chi connectivity index (χ1) is 14.2. The molecule has 0 aliphatic heterocycles. The normalized spacial score (nSPS) is 10.4. The quantitative estimate of drug-likeness (QED) is 0.517. The highest BCUT2D eigenvalue weighted by molar-refractivity contribution is 5.91. The zero-order chi connectivity index (χ0) is 20.3. The van der Waals surface area contributed by atoms with Gasteiger partial charge in [-0.2, -0.15) is 0 Å². The van der Waals surface area contributed by atoms with Gasteiger partial charge in [-0.25, -0.2) is 4.98 Å². The number of carbonyl (C=O) groups excluding carboxylic acids is 1. The largest absolute Gasteiger partial charge is 0.483 e. The molecule has 0 atom stereocenters. The number of carbonyl (C=O) groups is 1. The Morgan fingerprint density at radius 3 is 2.55 bits per heavy atom. The number of para-hydroxylation sites is 1. The van der Waals surface area contributed by atoms with Crippen molar-refractivity contribution in [3.05, 3.63) is 84.1 Å². The lowest BCUT2D eigenvalue weighted by Crippen LogP contribution is -2.23. The Bertz CT molecular complexity index is 899. The van der Waals surface area contributed by atoms with Gasteiger partial charge in [0.05, 0.1) is 0 Å². The summed E-state index contributed by atoms with van der Waals surface area (Å²) in [7, 11) is 0. The lowest BCUT2D eigenvalue weighted by atomic mass is 10.2. The molecule has 2 N–H and O–H groups in total. The molecule has 1 heterocycles. The molecule has 0 saturated carbocycles. The molecule has 150 valence electrons. The van der Waals surface area contributed by atoms with E-state index in [9.17, 15) is 4.79 Å². The highest BCUT2D eigenvalue weighted by atomic mass is 16.5. The first-order valence-electron chi connectivity index (χ1n) is 9.52. The molecule has 0 aliphatic carbocycles. The molecule has 0 bridgehead atoms. The highest BCUT2D eigenvalue weighted by Gasteiger charge is 2.07. The second-order valence-electron chi connectivity index (χ2n) is 6.50. The molecule has 0 spiro atoms. The first-order valence-corrected chi connectivity index (χ1v) is 9.52. The van der Waals surface area contributed by atoms with Crippen LogP contribution in [0.1, 0.15) is 11.1 Å². The predicted octanol–water partition coefficient (Wildman–Crippen LogP) is 3.58. The van der Waals surface area contributed by atoms with Crippen LogP contribution in [0, 0.1) is 6.92 Å². The van der Waals surface area contributed by atoms with Crippen molar-refractivity contribution in [2.45, 2.75) is 13.5 Å². The molecule has 2 aromatic carbocycles. The molecular weight excluding hydrogens is 366 g/mol. The van der Waals surface area contributed by atoms with Crippen LogP contribution in [-0.4, -0.2) is 30.6 Å². The number of ether oxygens (including phenoxy) is 2. The van der Waals surface area contributed by atoms with Crippen molar-refractivity contribution >= 4 is 11.6 Å². The van der Waals surface area contributed by atoms with Gasteiger partial charge < -0.3 is 20.1 Å². The summed E-state index contributed by atoms with van der Waals surface area (Å²) in [4.78, 5) is 16.3. The third-order valence-corrected chi connectivity index (χ3v) is 4.15. The van der Waals surface area contributed by atoms with Gasteiger partial charge in [-0.1, -0.05) is 42.0 Å². The average molecular weight is 391 g/mol. The van der Waals surface area contributed by atoms with Crippen LogP contribution in [0.4, 0.5) is 5.69 Å². The lowest BCUT2D eigenvalue weighted by molar-refractivity contribution is -0.118. The second-order valence-corrected chi connectivity index (χ2v) is 6.50. The van der Waals surface area contributed by atoms with Gasteiger partial charge in [0, 0.05) is 36.6 Å². The lowest BCUT2D eigenvalue weighted by Gasteiger charge is -2.12. The Kier molecular flexibility index (Phi) is 7.60. The third kappa shape index (κ3) is 6.93. The van der Waals surface area contributed by atoms with E-state index < -0.39 is 0 Å². The molecule has 0 saturated heterocycles. The summed E-state index contributed by atoms with van der Waals surface area (Å²) in [6, 6.07) is 20.9. The summed E-state index contributed by atoms with van der Waals surface area (Å²) in [6.45, 7) is 3.75. The van der Waals surface area contributed by atoms with Crippen LogP contribution in [0.2, 0.25) is 0 Å². The molecule has 0 fully saturated rings. The van der Waals surface area contributed by atoms with Crippen molar-refractivity contribution in [1.29, 1.82) is 0 Å². The van der Waals surface area contributed by atoms with Crippen LogP contribution in [0.25, 0.3) is 0 Å². The van der Waals surface area contributed by atoms with Crippen LogP contribution in [-0.2, 0) is 11.3 Å². The van der Waals surface area contributed by atoms with E-state index in [2.05, 4.69) is 15.6 Å². The van der Waals surface area contributed by atoms with Crippen LogP contribution in [0.3, 0.4) is 0 Å². The number of aromatic nitrogens is 1. The smallest absolute Gasteiger partial charge is 0.262 e. The average Bonchev–Trinajstić information content (AvgIpc) is 2.75. The van der Waals surface area contributed by atoms with E-state index in [0.29, 0.717) is 31.3 Å². The Labute approximate surface area is 170 Å². The van der Waals surface area contributed by atoms with E-state index >= 15 is 0 Å². The van der Waals surface area contributed by atoms with E-state index in [4.69, 9.17) is 9.47 Å². The number of amides is 1. The Morgan fingerprint density at radius 2 is 1.76 bits per heavy atom. The second kappa shape index (κ2) is 10.8. The summed E-state index contributed by atoms with van der Waals surface area (Å²) in [5.74, 6) is 1.10. The number of rotatable bonds is 10. The van der Waals surface area contributed by atoms with Crippen LogP contribution >= 0.6 is 0 Å². The van der Waals surface area contributed by atoms with Gasteiger partial charge in [-0.3, -0.25) is 4.79 Å². The SMILES string of the molecule is Cc1ccc(NC(=O)COc2ccccc2CNCCOc2ccccn2)cc1. The highest BCUT2D eigenvalue weighted by Crippen LogP contribution is 2.18. The van der Waals surface area contributed by atoms with Crippen molar-refractivity contribution in [3.63, 3.8) is 0 Å².